The van der Waals surface area contributed by atoms with Crippen molar-refractivity contribution < 1.29 is 0 Å². The molecule has 5 heteroatoms. The van der Waals surface area contributed by atoms with Crippen LogP contribution in [0.25, 0.3) is 32.5 Å². The molecule has 0 fully saturated rings. The first kappa shape index (κ1) is 13.0. The molecule has 0 aliphatic heterocycles. The Labute approximate surface area is 120 Å². The molecule has 0 unspecified atom stereocenters. The van der Waals surface area contributed by atoms with E-state index in [9.17, 15) is 4.79 Å². The van der Waals surface area contributed by atoms with Crippen molar-refractivity contribution in [3.63, 3.8) is 0 Å². The van der Waals surface area contributed by atoms with Gasteiger partial charge in [-0.15, -0.1) is 0 Å². The van der Waals surface area contributed by atoms with E-state index in [-0.39, 0.29) is 5.56 Å². The highest BCUT2D eigenvalue weighted by Gasteiger charge is 2.11. The Morgan fingerprint density at radius 1 is 1.05 bits per heavy atom. The number of hydrogen-bond donors (Lipinski definition) is 0. The topological polar surface area (TPSA) is 70.8 Å². The van der Waals surface area contributed by atoms with Crippen LogP contribution in [-0.2, 0) is 7.05 Å². The summed E-state index contributed by atoms with van der Waals surface area (Å²) in [5.74, 6) is 0. The van der Waals surface area contributed by atoms with Gasteiger partial charge in [0, 0.05) is 23.2 Å². The molecule has 1 heterocycles. The van der Waals surface area contributed by atoms with Crippen molar-refractivity contribution in [2.24, 2.45) is 12.2 Å². The van der Waals surface area contributed by atoms with Crippen LogP contribution < -0.4 is 5.56 Å². The van der Waals surface area contributed by atoms with E-state index >= 15 is 0 Å². The van der Waals surface area contributed by atoms with Gasteiger partial charge in [0.2, 0.25) is 0 Å². The molecular weight excluding hydrogens is 264 g/mol. The highest BCUT2D eigenvalue weighted by molar-refractivity contribution is 5.86. The van der Waals surface area contributed by atoms with E-state index in [1.807, 2.05) is 36.4 Å². The SMILES string of the molecule is Cn1c(=O)c(-c2ccccc2N=[N+]=[N-])cc2ccccc21. The third-order valence-electron chi connectivity index (χ3n) is 3.48. The molecule has 0 amide bonds. The number of aryl methyl sites for hydroxylation is 1. The van der Waals surface area contributed by atoms with Gasteiger partial charge in [-0.3, -0.25) is 4.79 Å². The average Bonchev–Trinajstić information content (AvgIpc) is 2.52. The Balaban J connectivity index is 2.39. The summed E-state index contributed by atoms with van der Waals surface area (Å²) in [5, 5.41) is 4.63. The van der Waals surface area contributed by atoms with Crippen LogP contribution >= 0.6 is 0 Å². The summed E-state index contributed by atoms with van der Waals surface area (Å²) in [5.41, 5.74) is 11.0. The van der Waals surface area contributed by atoms with E-state index < -0.39 is 0 Å². The Morgan fingerprint density at radius 3 is 2.57 bits per heavy atom. The van der Waals surface area contributed by atoms with E-state index in [0.717, 1.165) is 10.9 Å². The fourth-order valence-corrected chi connectivity index (χ4v) is 2.45. The maximum atomic E-state index is 12.6. The summed E-state index contributed by atoms with van der Waals surface area (Å²) < 4.78 is 1.61. The standard InChI is InChI=1S/C16H12N4O/c1-20-15-9-5-2-6-11(15)10-13(16(20)21)12-7-3-4-8-14(12)18-19-17/h2-10H,1H3. The molecule has 0 aliphatic carbocycles. The molecule has 0 N–H and O–H groups in total. The minimum absolute atomic E-state index is 0.116. The van der Waals surface area contributed by atoms with E-state index in [1.54, 1.807) is 29.8 Å². The Morgan fingerprint density at radius 2 is 1.76 bits per heavy atom. The van der Waals surface area contributed by atoms with Crippen LogP contribution in [0.3, 0.4) is 0 Å². The van der Waals surface area contributed by atoms with Crippen molar-refractivity contribution in [1.82, 2.24) is 4.57 Å². The van der Waals surface area contributed by atoms with Crippen LogP contribution in [0.15, 0.2) is 64.5 Å². The first-order valence-corrected chi connectivity index (χ1v) is 6.45. The molecule has 0 saturated carbocycles. The molecule has 2 aromatic carbocycles. The Kier molecular flexibility index (Phi) is 3.18. The van der Waals surface area contributed by atoms with E-state index in [2.05, 4.69) is 10.0 Å². The molecular formula is C16H12N4O. The van der Waals surface area contributed by atoms with Crippen molar-refractivity contribution in [3.05, 3.63) is 75.4 Å². The van der Waals surface area contributed by atoms with Gasteiger partial charge in [-0.1, -0.05) is 47.6 Å². The van der Waals surface area contributed by atoms with Crippen LogP contribution in [0.1, 0.15) is 0 Å². The lowest BCUT2D eigenvalue weighted by atomic mass is 10.0. The third-order valence-corrected chi connectivity index (χ3v) is 3.48. The predicted molar refractivity (Wildman–Crippen MR) is 83.4 cm³/mol. The summed E-state index contributed by atoms with van der Waals surface area (Å²) >= 11 is 0. The molecule has 0 atom stereocenters. The second-order valence-electron chi connectivity index (χ2n) is 4.69. The van der Waals surface area contributed by atoms with Crippen LogP contribution in [-0.4, -0.2) is 4.57 Å². The molecule has 0 spiro atoms. The minimum Gasteiger partial charge on any atom is -0.311 e. The number of azide groups is 1. The predicted octanol–water partition coefficient (Wildman–Crippen LogP) is 4.15. The van der Waals surface area contributed by atoms with E-state index in [0.29, 0.717) is 16.8 Å². The molecule has 0 aliphatic rings. The van der Waals surface area contributed by atoms with Gasteiger partial charge >= 0.3 is 0 Å². The van der Waals surface area contributed by atoms with Crippen LogP contribution in [0.2, 0.25) is 0 Å². The van der Waals surface area contributed by atoms with Crippen molar-refractivity contribution in [2.45, 2.75) is 0 Å². The number of aromatic nitrogens is 1. The molecule has 0 radical (unpaired) electrons. The summed E-state index contributed by atoms with van der Waals surface area (Å²) in [6.07, 6.45) is 0. The minimum atomic E-state index is -0.116. The monoisotopic (exact) mass is 276 g/mol. The first-order valence-electron chi connectivity index (χ1n) is 6.45. The molecule has 0 bridgehead atoms. The summed E-state index contributed by atoms with van der Waals surface area (Å²) in [7, 11) is 1.74. The van der Waals surface area contributed by atoms with Crippen molar-refractivity contribution in [2.75, 3.05) is 0 Å². The molecule has 1 aromatic heterocycles. The number of fused-ring (bicyclic) bond motifs is 1. The highest BCUT2D eigenvalue weighted by atomic mass is 16.1. The van der Waals surface area contributed by atoms with Gasteiger partial charge in [0.15, 0.2) is 0 Å². The number of rotatable bonds is 2. The summed E-state index contributed by atoms with van der Waals surface area (Å²) in [6, 6.07) is 16.6. The smallest absolute Gasteiger partial charge is 0.258 e. The lowest BCUT2D eigenvalue weighted by Crippen LogP contribution is -2.18. The average molecular weight is 276 g/mol. The summed E-state index contributed by atoms with van der Waals surface area (Å²) in [4.78, 5) is 15.4. The van der Waals surface area contributed by atoms with Crippen molar-refractivity contribution in [3.8, 4) is 11.1 Å². The van der Waals surface area contributed by atoms with Gasteiger partial charge in [-0.2, -0.15) is 0 Å². The second kappa shape index (κ2) is 5.15. The second-order valence-corrected chi connectivity index (χ2v) is 4.69. The lowest BCUT2D eigenvalue weighted by Gasteiger charge is -2.10. The largest absolute Gasteiger partial charge is 0.311 e. The van der Waals surface area contributed by atoms with Crippen molar-refractivity contribution in [1.29, 1.82) is 0 Å². The zero-order valence-corrected chi connectivity index (χ0v) is 11.4. The number of para-hydroxylation sites is 1. The van der Waals surface area contributed by atoms with Crippen molar-refractivity contribution >= 4 is 16.6 Å². The Hall–Kier alpha value is -3.04. The molecule has 21 heavy (non-hydrogen) atoms. The Bertz CT molecular complexity index is 936. The molecule has 0 saturated heterocycles. The van der Waals surface area contributed by atoms with Gasteiger partial charge in [0.25, 0.3) is 5.56 Å². The van der Waals surface area contributed by atoms with Gasteiger partial charge in [0.1, 0.15) is 0 Å². The number of nitrogens with zero attached hydrogens (tertiary/aromatic N) is 4. The van der Waals surface area contributed by atoms with Crippen LogP contribution in [0.4, 0.5) is 5.69 Å². The summed E-state index contributed by atoms with van der Waals surface area (Å²) in [6.45, 7) is 0. The molecule has 3 aromatic rings. The lowest BCUT2D eigenvalue weighted by molar-refractivity contribution is 0.909. The number of pyridine rings is 1. The third kappa shape index (κ3) is 2.16. The van der Waals surface area contributed by atoms with Crippen LogP contribution in [0.5, 0.6) is 0 Å². The van der Waals surface area contributed by atoms with Gasteiger partial charge in [-0.05, 0) is 28.6 Å². The zero-order chi connectivity index (χ0) is 14.8. The van der Waals surface area contributed by atoms with Gasteiger partial charge in [0.05, 0.1) is 5.52 Å². The quantitative estimate of drug-likeness (QED) is 0.394. The normalized spacial score (nSPS) is 10.3. The molecule has 5 nitrogen and oxygen atoms in total. The highest BCUT2D eigenvalue weighted by Crippen LogP contribution is 2.29. The molecule has 3 rings (SSSR count). The van der Waals surface area contributed by atoms with Crippen LogP contribution in [0, 0.1) is 0 Å². The number of hydrogen-bond acceptors (Lipinski definition) is 2. The zero-order valence-electron chi connectivity index (χ0n) is 11.4. The first-order chi connectivity index (χ1) is 10.2. The maximum absolute atomic E-state index is 12.6. The fourth-order valence-electron chi connectivity index (χ4n) is 2.45. The van der Waals surface area contributed by atoms with Gasteiger partial charge < -0.3 is 4.57 Å². The van der Waals surface area contributed by atoms with E-state index in [1.165, 1.54) is 0 Å². The van der Waals surface area contributed by atoms with E-state index in [4.69, 9.17) is 5.53 Å². The maximum Gasteiger partial charge on any atom is 0.258 e. The fraction of sp³-hybridized carbons (Fsp3) is 0.0625. The van der Waals surface area contributed by atoms with Gasteiger partial charge in [-0.25, -0.2) is 0 Å². The molecule has 102 valence electrons. The number of benzene rings is 2.